The normalized spacial score (nSPS) is 11.0. The highest BCUT2D eigenvalue weighted by atomic mass is 16.5. The summed E-state index contributed by atoms with van der Waals surface area (Å²) in [6.07, 6.45) is 3.46. The van der Waals surface area contributed by atoms with Gasteiger partial charge in [0.05, 0.1) is 35.7 Å². The molecule has 0 saturated heterocycles. The van der Waals surface area contributed by atoms with Crippen molar-refractivity contribution in [1.29, 1.82) is 0 Å². The van der Waals surface area contributed by atoms with Gasteiger partial charge in [0, 0.05) is 18.5 Å². The van der Waals surface area contributed by atoms with E-state index < -0.39 is 11.9 Å². The molecule has 0 spiro atoms. The molecule has 0 saturated carbocycles. The summed E-state index contributed by atoms with van der Waals surface area (Å²) in [5.74, 6) is 2.67. The minimum Gasteiger partial charge on any atom is -0.494 e. The van der Waals surface area contributed by atoms with Gasteiger partial charge in [0.2, 0.25) is 0 Å². The second-order valence-electron chi connectivity index (χ2n) is 11.4. The van der Waals surface area contributed by atoms with Crippen molar-refractivity contribution in [2.75, 3.05) is 13.2 Å². The Labute approximate surface area is 307 Å². The van der Waals surface area contributed by atoms with E-state index in [0.717, 1.165) is 16.8 Å². The Morgan fingerprint density at radius 1 is 0.472 bits per heavy atom. The van der Waals surface area contributed by atoms with Crippen LogP contribution in [0.25, 0.3) is 0 Å². The first-order valence-electron chi connectivity index (χ1n) is 17.0. The molecule has 0 aromatic heterocycles. The largest absolute Gasteiger partial charge is 0.494 e. The van der Waals surface area contributed by atoms with E-state index in [1.807, 2.05) is 86.6 Å². The number of carbonyl (C=O) groups excluding carboxylic acids is 2. The molecule has 6 aromatic carbocycles. The second-order valence-corrected chi connectivity index (χ2v) is 11.4. The zero-order chi connectivity index (χ0) is 36.8. The van der Waals surface area contributed by atoms with Crippen LogP contribution in [0.15, 0.2) is 156 Å². The molecule has 0 N–H and O–H groups in total. The van der Waals surface area contributed by atoms with Crippen molar-refractivity contribution in [1.82, 2.24) is 0 Å². The molecule has 6 aromatic rings. The molecule has 9 nitrogen and oxygen atoms in total. The summed E-state index contributed by atoms with van der Waals surface area (Å²) in [5, 5.41) is 0. The van der Waals surface area contributed by atoms with Crippen LogP contribution in [0.4, 0.5) is 11.4 Å². The van der Waals surface area contributed by atoms with Gasteiger partial charge in [-0.25, -0.2) is 9.59 Å². The summed E-state index contributed by atoms with van der Waals surface area (Å²) in [7, 11) is 0. The topological polar surface area (TPSA) is 105 Å². The Bertz CT molecular complexity index is 2180. The zero-order valence-electron chi connectivity index (χ0n) is 29.2. The third-order valence-electron chi connectivity index (χ3n) is 7.60. The molecule has 0 bridgehead atoms. The number of nitrogens with zero attached hydrogens (tertiary/aromatic N) is 2. The van der Waals surface area contributed by atoms with Crippen molar-refractivity contribution in [3.8, 4) is 34.5 Å². The van der Waals surface area contributed by atoms with E-state index in [0.29, 0.717) is 64.5 Å². The standard InChI is InChI=1S/C44H36N2O7/c1-3-49-37-22-12-33(13-23-37)43(47)52-40-18-8-31(9-19-40)29-45-35-16-26-39(27-17-35)51-42-7-5-6-36(28-42)46-30-32-10-20-41(21-11-32)53-44(48)34-14-24-38(25-15-34)50-4-2/h5-30H,3-4H2,1-2H3. The summed E-state index contributed by atoms with van der Waals surface area (Å²) >= 11 is 0. The number of rotatable bonds is 14. The van der Waals surface area contributed by atoms with E-state index in [1.54, 1.807) is 85.2 Å². The maximum Gasteiger partial charge on any atom is 0.343 e. The Hall–Kier alpha value is -7.00. The van der Waals surface area contributed by atoms with Crippen LogP contribution < -0.4 is 23.7 Å². The lowest BCUT2D eigenvalue weighted by Crippen LogP contribution is -2.08. The molecule has 9 heteroatoms. The van der Waals surface area contributed by atoms with Crippen molar-refractivity contribution in [3.05, 3.63) is 168 Å². The second kappa shape index (κ2) is 17.8. The van der Waals surface area contributed by atoms with Crippen molar-refractivity contribution >= 4 is 35.7 Å². The number of carbonyl (C=O) groups is 2. The van der Waals surface area contributed by atoms with Crippen molar-refractivity contribution < 1.29 is 33.3 Å². The third kappa shape index (κ3) is 10.5. The fraction of sp³-hybridized carbons (Fsp3) is 0.0909. The van der Waals surface area contributed by atoms with Crippen molar-refractivity contribution in [2.24, 2.45) is 9.98 Å². The first-order valence-corrected chi connectivity index (χ1v) is 17.0. The minimum atomic E-state index is -0.445. The van der Waals surface area contributed by atoms with E-state index in [4.69, 9.17) is 23.7 Å². The highest BCUT2D eigenvalue weighted by Gasteiger charge is 2.10. The van der Waals surface area contributed by atoms with Crippen LogP contribution in [0.1, 0.15) is 45.7 Å². The monoisotopic (exact) mass is 704 g/mol. The summed E-state index contributed by atoms with van der Waals surface area (Å²) in [6, 6.07) is 42.7. The molecule has 0 amide bonds. The van der Waals surface area contributed by atoms with E-state index >= 15 is 0 Å². The fourth-order valence-electron chi connectivity index (χ4n) is 4.95. The summed E-state index contributed by atoms with van der Waals surface area (Å²) in [6.45, 7) is 4.92. The average molecular weight is 705 g/mol. The highest BCUT2D eigenvalue weighted by molar-refractivity contribution is 5.92. The predicted molar refractivity (Wildman–Crippen MR) is 205 cm³/mol. The lowest BCUT2D eigenvalue weighted by molar-refractivity contribution is 0.0725. The number of hydrogen-bond acceptors (Lipinski definition) is 9. The van der Waals surface area contributed by atoms with Crippen LogP contribution in [-0.4, -0.2) is 37.6 Å². The molecule has 0 fully saturated rings. The Kier molecular flexibility index (Phi) is 12.0. The molecule has 0 aliphatic heterocycles. The van der Waals surface area contributed by atoms with Crippen LogP contribution >= 0.6 is 0 Å². The molecule has 0 unspecified atom stereocenters. The first-order chi connectivity index (χ1) is 25.9. The molecular weight excluding hydrogens is 668 g/mol. The first kappa shape index (κ1) is 35.8. The van der Waals surface area contributed by atoms with Crippen LogP contribution in [0.2, 0.25) is 0 Å². The minimum absolute atomic E-state index is 0.434. The maximum absolute atomic E-state index is 12.5. The van der Waals surface area contributed by atoms with Gasteiger partial charge in [0.15, 0.2) is 0 Å². The van der Waals surface area contributed by atoms with Gasteiger partial charge in [-0.3, -0.25) is 9.98 Å². The maximum atomic E-state index is 12.5. The molecule has 264 valence electrons. The highest BCUT2D eigenvalue weighted by Crippen LogP contribution is 2.27. The molecule has 53 heavy (non-hydrogen) atoms. The number of aliphatic imine (C=N–C) groups is 2. The summed E-state index contributed by atoms with van der Waals surface area (Å²) < 4.78 is 27.9. The van der Waals surface area contributed by atoms with E-state index in [1.165, 1.54) is 0 Å². The molecule has 0 aliphatic carbocycles. The number of ether oxygens (including phenoxy) is 5. The number of benzene rings is 6. The van der Waals surface area contributed by atoms with Crippen LogP contribution in [0.3, 0.4) is 0 Å². The van der Waals surface area contributed by atoms with Gasteiger partial charge in [-0.1, -0.05) is 6.07 Å². The van der Waals surface area contributed by atoms with Crippen LogP contribution in [-0.2, 0) is 0 Å². The quantitative estimate of drug-likeness (QED) is 0.0631. The average Bonchev–Trinajstić information content (AvgIpc) is 3.19. The van der Waals surface area contributed by atoms with E-state index in [2.05, 4.69) is 9.98 Å². The Balaban J connectivity index is 0.980. The summed E-state index contributed by atoms with van der Waals surface area (Å²) in [5.41, 5.74) is 4.03. The molecule has 0 atom stereocenters. The SMILES string of the molecule is CCOc1ccc(C(=O)Oc2ccc(C=Nc3ccc(Oc4cccc(N=Cc5ccc(OC(=O)c6ccc(OCC)cc6)cc5)c4)cc3)cc2)cc1. The third-order valence-corrected chi connectivity index (χ3v) is 7.60. The van der Waals surface area contributed by atoms with Gasteiger partial charge in [-0.05, 0) is 158 Å². The summed E-state index contributed by atoms with van der Waals surface area (Å²) in [4.78, 5) is 34.1. The van der Waals surface area contributed by atoms with Gasteiger partial charge in [0.25, 0.3) is 0 Å². The van der Waals surface area contributed by atoms with E-state index in [-0.39, 0.29) is 0 Å². The van der Waals surface area contributed by atoms with Gasteiger partial charge in [0.1, 0.15) is 34.5 Å². The predicted octanol–water partition coefficient (Wildman–Crippen LogP) is 10.2. The number of esters is 2. The van der Waals surface area contributed by atoms with Gasteiger partial charge in [-0.15, -0.1) is 0 Å². The van der Waals surface area contributed by atoms with Crippen molar-refractivity contribution in [2.45, 2.75) is 13.8 Å². The molecule has 0 radical (unpaired) electrons. The van der Waals surface area contributed by atoms with Crippen LogP contribution in [0, 0.1) is 0 Å². The van der Waals surface area contributed by atoms with Gasteiger partial charge >= 0.3 is 11.9 Å². The van der Waals surface area contributed by atoms with Gasteiger partial charge < -0.3 is 23.7 Å². The fourth-order valence-corrected chi connectivity index (χ4v) is 4.95. The Morgan fingerprint density at radius 2 is 0.906 bits per heavy atom. The lowest BCUT2D eigenvalue weighted by atomic mass is 10.2. The smallest absolute Gasteiger partial charge is 0.343 e. The molecule has 0 heterocycles. The van der Waals surface area contributed by atoms with E-state index in [9.17, 15) is 9.59 Å². The Morgan fingerprint density at radius 3 is 1.38 bits per heavy atom. The lowest BCUT2D eigenvalue weighted by Gasteiger charge is -2.07. The zero-order valence-corrected chi connectivity index (χ0v) is 29.2. The number of hydrogen-bond donors (Lipinski definition) is 0. The van der Waals surface area contributed by atoms with Crippen LogP contribution in [0.5, 0.6) is 34.5 Å². The van der Waals surface area contributed by atoms with Crippen molar-refractivity contribution in [3.63, 3.8) is 0 Å². The van der Waals surface area contributed by atoms with Gasteiger partial charge in [-0.2, -0.15) is 0 Å². The molecule has 6 rings (SSSR count). The molecule has 0 aliphatic rings. The molecular formula is C44H36N2O7.